The number of carbonyl (C=O) groups excluding carboxylic acids is 1. The van der Waals surface area contributed by atoms with Gasteiger partial charge in [0.2, 0.25) is 0 Å². The number of amides is 2. The van der Waals surface area contributed by atoms with E-state index in [0.29, 0.717) is 19.1 Å². The van der Waals surface area contributed by atoms with Crippen molar-refractivity contribution in [1.29, 1.82) is 0 Å². The first kappa shape index (κ1) is 17.0. The van der Waals surface area contributed by atoms with Gasteiger partial charge < -0.3 is 20.1 Å². The molecule has 2 aliphatic rings. The lowest BCUT2D eigenvalue weighted by Crippen LogP contribution is -2.51. The zero-order chi connectivity index (χ0) is 16.8. The van der Waals surface area contributed by atoms with Crippen LogP contribution in [0.5, 0.6) is 5.75 Å². The molecule has 2 heterocycles. The van der Waals surface area contributed by atoms with Crippen molar-refractivity contribution in [2.75, 3.05) is 39.9 Å². The minimum atomic E-state index is -0.129. The zero-order valence-electron chi connectivity index (χ0n) is 14.3. The maximum absolute atomic E-state index is 11.9. The highest BCUT2D eigenvalue weighted by molar-refractivity contribution is 5.73. The van der Waals surface area contributed by atoms with Crippen LogP contribution in [0.3, 0.4) is 0 Å². The van der Waals surface area contributed by atoms with Crippen LogP contribution in [0.25, 0.3) is 0 Å². The van der Waals surface area contributed by atoms with Crippen LogP contribution in [-0.2, 0) is 11.2 Å². The molecule has 2 amide bonds. The molecule has 6 nitrogen and oxygen atoms in total. The van der Waals surface area contributed by atoms with Gasteiger partial charge in [-0.25, -0.2) is 4.79 Å². The molecule has 0 spiro atoms. The van der Waals surface area contributed by atoms with E-state index in [1.54, 1.807) is 7.11 Å². The molecule has 6 heteroatoms. The third-order valence-corrected chi connectivity index (χ3v) is 4.81. The number of benzene rings is 1. The van der Waals surface area contributed by atoms with Crippen molar-refractivity contribution in [3.8, 4) is 5.75 Å². The first-order chi connectivity index (χ1) is 11.7. The minimum Gasteiger partial charge on any atom is -0.497 e. The Balaban J connectivity index is 1.31. The Labute approximate surface area is 143 Å². The van der Waals surface area contributed by atoms with Gasteiger partial charge in [0.25, 0.3) is 0 Å². The van der Waals surface area contributed by atoms with Crippen molar-refractivity contribution in [1.82, 2.24) is 15.5 Å². The van der Waals surface area contributed by atoms with Crippen LogP contribution >= 0.6 is 0 Å². The Kier molecular flexibility index (Phi) is 5.93. The van der Waals surface area contributed by atoms with Gasteiger partial charge in [-0.1, -0.05) is 12.1 Å². The van der Waals surface area contributed by atoms with Gasteiger partial charge >= 0.3 is 6.03 Å². The van der Waals surface area contributed by atoms with Gasteiger partial charge in [-0.05, 0) is 43.5 Å². The number of hydrogen-bond donors (Lipinski definition) is 2. The topological polar surface area (TPSA) is 62.8 Å². The molecule has 2 fully saturated rings. The summed E-state index contributed by atoms with van der Waals surface area (Å²) in [6, 6.07) is 8.36. The smallest absolute Gasteiger partial charge is 0.314 e. The van der Waals surface area contributed by atoms with Crippen LogP contribution in [0.1, 0.15) is 18.4 Å². The highest BCUT2D eigenvalue weighted by Gasteiger charge is 2.32. The molecule has 2 saturated heterocycles. The predicted octanol–water partition coefficient (Wildman–Crippen LogP) is 1.40. The quantitative estimate of drug-likeness (QED) is 0.826. The predicted molar refractivity (Wildman–Crippen MR) is 92.4 cm³/mol. The Morgan fingerprint density at radius 1 is 1.33 bits per heavy atom. The second-order valence-electron chi connectivity index (χ2n) is 6.48. The highest BCUT2D eigenvalue weighted by Crippen LogP contribution is 2.22. The van der Waals surface area contributed by atoms with Gasteiger partial charge in [0.1, 0.15) is 5.75 Å². The Morgan fingerprint density at radius 3 is 2.96 bits per heavy atom. The number of urea groups is 1. The molecular weight excluding hydrogens is 306 g/mol. The van der Waals surface area contributed by atoms with Gasteiger partial charge in [0.05, 0.1) is 19.8 Å². The second kappa shape index (κ2) is 8.35. The highest BCUT2D eigenvalue weighted by atomic mass is 16.5. The molecule has 1 aromatic rings. The van der Waals surface area contributed by atoms with Crippen LogP contribution in [-0.4, -0.2) is 63.0 Å². The lowest BCUT2D eigenvalue weighted by molar-refractivity contribution is -0.0457. The third kappa shape index (κ3) is 4.61. The van der Waals surface area contributed by atoms with E-state index in [-0.39, 0.29) is 12.1 Å². The number of rotatable bonds is 6. The molecule has 1 aromatic carbocycles. The molecule has 2 aliphatic heterocycles. The molecule has 0 saturated carbocycles. The lowest BCUT2D eigenvalue weighted by Gasteiger charge is -2.35. The number of ether oxygens (including phenoxy) is 2. The van der Waals surface area contributed by atoms with E-state index in [9.17, 15) is 4.79 Å². The van der Waals surface area contributed by atoms with Crippen molar-refractivity contribution in [2.24, 2.45) is 0 Å². The van der Waals surface area contributed by atoms with Crippen LogP contribution in [0, 0.1) is 0 Å². The average Bonchev–Trinajstić information content (AvgIpc) is 3.08. The Bertz CT molecular complexity index is 535. The summed E-state index contributed by atoms with van der Waals surface area (Å²) in [5.74, 6) is 0.845. The maximum Gasteiger partial charge on any atom is 0.314 e. The van der Waals surface area contributed by atoms with Crippen LogP contribution in [0.15, 0.2) is 24.3 Å². The summed E-state index contributed by atoms with van der Waals surface area (Å²) >= 11 is 0. The maximum atomic E-state index is 11.9. The molecule has 3 rings (SSSR count). The molecule has 2 atom stereocenters. The van der Waals surface area contributed by atoms with Crippen LogP contribution < -0.4 is 15.4 Å². The van der Waals surface area contributed by atoms with Crippen LogP contribution in [0.2, 0.25) is 0 Å². The van der Waals surface area contributed by atoms with E-state index >= 15 is 0 Å². The number of carbonyl (C=O) groups is 1. The zero-order valence-corrected chi connectivity index (χ0v) is 14.3. The van der Waals surface area contributed by atoms with Crippen molar-refractivity contribution in [3.63, 3.8) is 0 Å². The van der Waals surface area contributed by atoms with E-state index < -0.39 is 0 Å². The molecule has 0 aromatic heterocycles. The number of fused-ring (bicyclic) bond motifs is 1. The van der Waals surface area contributed by atoms with Gasteiger partial charge in [-0.3, -0.25) is 4.90 Å². The van der Waals surface area contributed by atoms with Crippen molar-refractivity contribution >= 4 is 6.03 Å². The van der Waals surface area contributed by atoms with E-state index in [1.165, 1.54) is 24.9 Å². The number of morpholine rings is 1. The summed E-state index contributed by atoms with van der Waals surface area (Å²) in [5.41, 5.74) is 1.17. The van der Waals surface area contributed by atoms with Crippen molar-refractivity contribution < 1.29 is 14.3 Å². The molecule has 0 aliphatic carbocycles. The summed E-state index contributed by atoms with van der Waals surface area (Å²) in [7, 11) is 1.65. The normalized spacial score (nSPS) is 23.5. The van der Waals surface area contributed by atoms with E-state index in [2.05, 4.69) is 15.5 Å². The summed E-state index contributed by atoms with van der Waals surface area (Å²) in [4.78, 5) is 14.4. The SMILES string of the molecule is COc1ccc(CCNC(=O)NC[C@H]2CN3CCC[C@H]3CO2)cc1. The summed E-state index contributed by atoms with van der Waals surface area (Å²) in [5, 5.41) is 5.81. The first-order valence-electron chi connectivity index (χ1n) is 8.75. The lowest BCUT2D eigenvalue weighted by atomic mass is 10.1. The molecule has 2 N–H and O–H groups in total. The molecule has 0 bridgehead atoms. The molecule has 132 valence electrons. The molecule has 0 unspecified atom stereocenters. The van der Waals surface area contributed by atoms with E-state index in [4.69, 9.17) is 9.47 Å². The van der Waals surface area contributed by atoms with Crippen molar-refractivity contribution in [2.45, 2.75) is 31.4 Å². The number of methoxy groups -OCH3 is 1. The largest absolute Gasteiger partial charge is 0.497 e. The summed E-state index contributed by atoms with van der Waals surface area (Å²) < 4.78 is 11.0. The minimum absolute atomic E-state index is 0.103. The fourth-order valence-corrected chi connectivity index (χ4v) is 3.39. The third-order valence-electron chi connectivity index (χ3n) is 4.81. The van der Waals surface area contributed by atoms with Crippen molar-refractivity contribution in [3.05, 3.63) is 29.8 Å². The number of nitrogens with one attached hydrogen (secondary N) is 2. The molecular formula is C18H27N3O3. The molecule has 0 radical (unpaired) electrons. The van der Waals surface area contributed by atoms with Gasteiger partial charge in [0, 0.05) is 25.7 Å². The monoisotopic (exact) mass is 333 g/mol. The summed E-state index contributed by atoms with van der Waals surface area (Å²) in [6.45, 7) is 4.07. The van der Waals surface area contributed by atoms with Gasteiger partial charge in [-0.15, -0.1) is 0 Å². The average molecular weight is 333 g/mol. The van der Waals surface area contributed by atoms with E-state index in [1.807, 2.05) is 24.3 Å². The van der Waals surface area contributed by atoms with Gasteiger partial charge in [-0.2, -0.15) is 0 Å². The van der Waals surface area contributed by atoms with E-state index in [0.717, 1.165) is 25.3 Å². The van der Waals surface area contributed by atoms with Gasteiger partial charge in [0.15, 0.2) is 0 Å². The number of hydrogen-bond acceptors (Lipinski definition) is 4. The Morgan fingerprint density at radius 2 is 2.17 bits per heavy atom. The first-order valence-corrected chi connectivity index (χ1v) is 8.75. The fraction of sp³-hybridized carbons (Fsp3) is 0.611. The summed E-state index contributed by atoms with van der Waals surface area (Å²) in [6.07, 6.45) is 3.41. The van der Waals surface area contributed by atoms with Crippen LogP contribution in [0.4, 0.5) is 4.79 Å². The fourth-order valence-electron chi connectivity index (χ4n) is 3.39. The Hall–Kier alpha value is -1.79. The molecule has 24 heavy (non-hydrogen) atoms. The second-order valence-corrected chi connectivity index (χ2v) is 6.48. The number of nitrogens with zero attached hydrogens (tertiary/aromatic N) is 1. The standard InChI is InChI=1S/C18H27N3O3/c1-23-16-6-4-14(5-7-16)8-9-19-18(22)20-11-17-12-21-10-2-3-15(21)13-24-17/h4-7,15,17H,2-3,8-13H2,1H3,(H2,19,20,22)/t15-,17-/m0/s1.